The molecule has 0 aliphatic rings. The van der Waals surface area contributed by atoms with Crippen molar-refractivity contribution in [3.05, 3.63) is 24.0 Å². The Morgan fingerprint density at radius 1 is 1.31 bits per heavy atom. The van der Waals surface area contributed by atoms with Crippen molar-refractivity contribution in [2.24, 2.45) is 0 Å². The first-order valence-electron chi connectivity index (χ1n) is 6.04. The summed E-state index contributed by atoms with van der Waals surface area (Å²) in [6.45, 7) is 4.17. The molecule has 1 N–H and O–H groups in total. The Hall–Kier alpha value is -0.540. The maximum Gasteiger partial charge on any atom is 0.0957 e. The van der Waals surface area contributed by atoms with Crippen molar-refractivity contribution in [1.82, 2.24) is 4.98 Å². The summed E-state index contributed by atoms with van der Waals surface area (Å²) in [4.78, 5) is 5.47. The quantitative estimate of drug-likeness (QED) is 0.580. The molecular formula is C13H21NOS. The minimum atomic E-state index is -0.417. The van der Waals surface area contributed by atoms with Gasteiger partial charge < -0.3 is 5.11 Å². The number of aliphatic hydroxyl groups excluding tert-OH is 1. The fourth-order valence-electron chi connectivity index (χ4n) is 1.43. The number of hydrogen-bond acceptors (Lipinski definition) is 3. The lowest BCUT2D eigenvalue weighted by Gasteiger charge is -2.07. The number of rotatable bonds is 7. The van der Waals surface area contributed by atoms with Gasteiger partial charge in [-0.1, -0.05) is 26.7 Å². The molecule has 0 radical (unpaired) electrons. The zero-order chi connectivity index (χ0) is 11.8. The monoisotopic (exact) mass is 239 g/mol. The summed E-state index contributed by atoms with van der Waals surface area (Å²) in [7, 11) is 0. The molecule has 1 atom stereocenters. The van der Waals surface area contributed by atoms with Crippen molar-refractivity contribution in [1.29, 1.82) is 0 Å². The van der Waals surface area contributed by atoms with Gasteiger partial charge in [-0.3, -0.25) is 4.98 Å². The van der Waals surface area contributed by atoms with E-state index in [0.29, 0.717) is 0 Å². The molecule has 0 saturated heterocycles. The molecule has 1 aromatic heterocycles. The van der Waals surface area contributed by atoms with Crippen molar-refractivity contribution in [3.8, 4) is 0 Å². The predicted molar refractivity (Wildman–Crippen MR) is 69.7 cm³/mol. The Balaban J connectivity index is 2.39. The van der Waals surface area contributed by atoms with Crippen LogP contribution in [0.2, 0.25) is 0 Å². The topological polar surface area (TPSA) is 33.1 Å². The van der Waals surface area contributed by atoms with E-state index in [-0.39, 0.29) is 0 Å². The third-order valence-electron chi connectivity index (χ3n) is 2.50. The third kappa shape index (κ3) is 4.54. The average Bonchev–Trinajstić information content (AvgIpc) is 2.34. The van der Waals surface area contributed by atoms with Gasteiger partial charge in [-0.05, 0) is 30.7 Å². The molecule has 90 valence electrons. The number of aromatic nitrogens is 1. The summed E-state index contributed by atoms with van der Waals surface area (Å²) < 4.78 is 0. The SMILES string of the molecule is CCCCCSc1ccc(C(O)CC)nc1. The van der Waals surface area contributed by atoms with Gasteiger partial charge in [-0.2, -0.15) is 0 Å². The molecule has 3 heteroatoms. The molecule has 0 spiro atoms. The number of pyridine rings is 1. The van der Waals surface area contributed by atoms with Crippen molar-refractivity contribution in [2.75, 3.05) is 5.75 Å². The number of hydrogen-bond donors (Lipinski definition) is 1. The molecule has 0 aromatic carbocycles. The van der Waals surface area contributed by atoms with E-state index in [1.165, 1.54) is 24.2 Å². The van der Waals surface area contributed by atoms with E-state index in [0.717, 1.165) is 17.9 Å². The van der Waals surface area contributed by atoms with Crippen LogP contribution in [0.5, 0.6) is 0 Å². The molecule has 1 rings (SSSR count). The highest BCUT2D eigenvalue weighted by atomic mass is 32.2. The van der Waals surface area contributed by atoms with Crippen LogP contribution in [0.25, 0.3) is 0 Å². The highest BCUT2D eigenvalue weighted by molar-refractivity contribution is 7.99. The van der Waals surface area contributed by atoms with E-state index in [1.54, 1.807) is 0 Å². The van der Waals surface area contributed by atoms with E-state index < -0.39 is 6.10 Å². The van der Waals surface area contributed by atoms with Gasteiger partial charge in [0.1, 0.15) is 0 Å². The van der Waals surface area contributed by atoms with E-state index in [4.69, 9.17) is 0 Å². The van der Waals surface area contributed by atoms with Gasteiger partial charge in [0.15, 0.2) is 0 Å². The lowest BCUT2D eigenvalue weighted by Crippen LogP contribution is -1.97. The van der Waals surface area contributed by atoms with Crippen LogP contribution in [0.4, 0.5) is 0 Å². The molecule has 16 heavy (non-hydrogen) atoms. The Kier molecular flexibility index (Phi) is 6.50. The summed E-state index contributed by atoms with van der Waals surface area (Å²) in [5, 5.41) is 9.60. The molecule has 1 unspecified atom stereocenters. The molecule has 0 amide bonds. The molecule has 1 aromatic rings. The number of thioether (sulfide) groups is 1. The molecule has 2 nitrogen and oxygen atoms in total. The van der Waals surface area contributed by atoms with E-state index in [9.17, 15) is 5.11 Å². The summed E-state index contributed by atoms with van der Waals surface area (Å²) in [6, 6.07) is 3.98. The number of unbranched alkanes of at least 4 members (excludes halogenated alkanes) is 2. The average molecular weight is 239 g/mol. The standard InChI is InChI=1S/C13H21NOS/c1-3-5-6-9-16-11-7-8-12(14-10-11)13(15)4-2/h7-8,10,13,15H,3-6,9H2,1-2H3. The third-order valence-corrected chi connectivity index (χ3v) is 3.57. The minimum absolute atomic E-state index is 0.417. The van der Waals surface area contributed by atoms with E-state index in [2.05, 4.69) is 18.0 Å². The van der Waals surface area contributed by atoms with Crippen LogP contribution in [0.15, 0.2) is 23.2 Å². The number of aliphatic hydroxyl groups is 1. The second-order valence-corrected chi connectivity index (χ2v) is 5.07. The second kappa shape index (κ2) is 7.69. The molecule has 0 aliphatic heterocycles. The van der Waals surface area contributed by atoms with Gasteiger partial charge in [0.05, 0.1) is 11.8 Å². The highest BCUT2D eigenvalue weighted by Gasteiger charge is 2.05. The Labute approximate surface area is 102 Å². The van der Waals surface area contributed by atoms with Crippen LogP contribution in [-0.4, -0.2) is 15.8 Å². The summed E-state index contributed by atoms with van der Waals surface area (Å²) in [6.07, 6.45) is 5.99. The molecule has 0 saturated carbocycles. The Bertz CT molecular complexity index is 286. The minimum Gasteiger partial charge on any atom is -0.387 e. The molecule has 0 bridgehead atoms. The fraction of sp³-hybridized carbons (Fsp3) is 0.615. The normalized spacial score (nSPS) is 12.7. The van der Waals surface area contributed by atoms with Crippen molar-refractivity contribution < 1.29 is 5.11 Å². The molecule has 0 fully saturated rings. The first-order chi connectivity index (χ1) is 7.77. The van der Waals surface area contributed by atoms with E-state index in [1.807, 2.05) is 30.9 Å². The zero-order valence-electron chi connectivity index (χ0n) is 10.1. The fourth-order valence-corrected chi connectivity index (χ4v) is 2.30. The van der Waals surface area contributed by atoms with E-state index >= 15 is 0 Å². The summed E-state index contributed by atoms with van der Waals surface area (Å²) >= 11 is 1.84. The van der Waals surface area contributed by atoms with Gasteiger partial charge in [0.25, 0.3) is 0 Å². The predicted octanol–water partition coefficient (Wildman–Crippen LogP) is 3.81. The Morgan fingerprint density at radius 3 is 2.69 bits per heavy atom. The van der Waals surface area contributed by atoms with Crippen molar-refractivity contribution >= 4 is 11.8 Å². The van der Waals surface area contributed by atoms with Crippen LogP contribution < -0.4 is 0 Å². The maximum atomic E-state index is 9.60. The lowest BCUT2D eigenvalue weighted by molar-refractivity contribution is 0.169. The number of nitrogens with zero attached hydrogens (tertiary/aromatic N) is 1. The van der Waals surface area contributed by atoms with Gasteiger partial charge in [0, 0.05) is 11.1 Å². The second-order valence-electron chi connectivity index (χ2n) is 3.90. The van der Waals surface area contributed by atoms with Crippen LogP contribution in [0.1, 0.15) is 51.3 Å². The van der Waals surface area contributed by atoms with Crippen LogP contribution in [-0.2, 0) is 0 Å². The Morgan fingerprint density at radius 2 is 2.12 bits per heavy atom. The smallest absolute Gasteiger partial charge is 0.0957 e. The lowest BCUT2D eigenvalue weighted by atomic mass is 10.2. The van der Waals surface area contributed by atoms with Crippen LogP contribution >= 0.6 is 11.8 Å². The van der Waals surface area contributed by atoms with Gasteiger partial charge in [0.2, 0.25) is 0 Å². The molecule has 1 heterocycles. The largest absolute Gasteiger partial charge is 0.387 e. The van der Waals surface area contributed by atoms with Crippen molar-refractivity contribution in [2.45, 2.75) is 50.5 Å². The highest BCUT2D eigenvalue weighted by Crippen LogP contribution is 2.21. The van der Waals surface area contributed by atoms with Gasteiger partial charge in [-0.15, -0.1) is 11.8 Å². The zero-order valence-corrected chi connectivity index (χ0v) is 11.0. The van der Waals surface area contributed by atoms with Crippen LogP contribution in [0.3, 0.4) is 0 Å². The van der Waals surface area contributed by atoms with Gasteiger partial charge >= 0.3 is 0 Å². The summed E-state index contributed by atoms with van der Waals surface area (Å²) in [5.74, 6) is 1.16. The van der Waals surface area contributed by atoms with Gasteiger partial charge in [-0.25, -0.2) is 0 Å². The maximum absolute atomic E-state index is 9.60. The molecular weight excluding hydrogens is 218 g/mol. The first kappa shape index (κ1) is 13.5. The summed E-state index contributed by atoms with van der Waals surface area (Å²) in [5.41, 5.74) is 0.778. The van der Waals surface area contributed by atoms with Crippen molar-refractivity contribution in [3.63, 3.8) is 0 Å². The first-order valence-corrected chi connectivity index (χ1v) is 7.03. The van der Waals surface area contributed by atoms with Crippen LogP contribution in [0, 0.1) is 0 Å². The molecule has 0 aliphatic carbocycles.